The standard InChI is InChI=1S/C20H20N2O2/c1-5-15(13-17-7-3-11-23-17)19(9-1)21-22-20-10-2-6-16(20)14-18-8-4-12-24-18/h3-4,7-8,11-14H,1-2,5-6,9-10H2/b15-13+,16-14+,21-19+,22-20+. The summed E-state index contributed by atoms with van der Waals surface area (Å²) in [4.78, 5) is 0. The Morgan fingerprint density at radius 3 is 1.62 bits per heavy atom. The van der Waals surface area contributed by atoms with Crippen molar-refractivity contribution in [1.82, 2.24) is 0 Å². The maximum absolute atomic E-state index is 5.41. The molecule has 0 N–H and O–H groups in total. The van der Waals surface area contributed by atoms with Crippen molar-refractivity contribution >= 4 is 23.6 Å². The Morgan fingerprint density at radius 2 is 1.21 bits per heavy atom. The second kappa shape index (κ2) is 6.87. The molecule has 2 heterocycles. The van der Waals surface area contributed by atoms with Crippen molar-refractivity contribution in [1.29, 1.82) is 0 Å². The fourth-order valence-corrected chi connectivity index (χ4v) is 3.25. The van der Waals surface area contributed by atoms with Crippen LogP contribution in [-0.2, 0) is 0 Å². The van der Waals surface area contributed by atoms with Crippen LogP contribution in [0.1, 0.15) is 50.0 Å². The molecule has 0 radical (unpaired) electrons. The zero-order valence-electron chi connectivity index (χ0n) is 13.6. The van der Waals surface area contributed by atoms with E-state index in [1.165, 1.54) is 11.1 Å². The smallest absolute Gasteiger partial charge is 0.126 e. The first-order valence-electron chi connectivity index (χ1n) is 8.51. The van der Waals surface area contributed by atoms with Gasteiger partial charge in [-0.05, 0) is 86.1 Å². The minimum absolute atomic E-state index is 0.881. The average Bonchev–Trinajstić information content (AvgIpc) is 3.36. The van der Waals surface area contributed by atoms with Crippen molar-refractivity contribution in [3.8, 4) is 0 Å². The fraction of sp³-hybridized carbons (Fsp3) is 0.300. The van der Waals surface area contributed by atoms with E-state index < -0.39 is 0 Å². The Kier molecular flexibility index (Phi) is 4.28. The van der Waals surface area contributed by atoms with Gasteiger partial charge in [0.1, 0.15) is 11.5 Å². The highest BCUT2D eigenvalue weighted by molar-refractivity contribution is 6.08. The third-order valence-corrected chi connectivity index (χ3v) is 4.47. The summed E-state index contributed by atoms with van der Waals surface area (Å²) in [5, 5.41) is 9.14. The van der Waals surface area contributed by atoms with E-state index in [9.17, 15) is 0 Å². The predicted molar refractivity (Wildman–Crippen MR) is 95.9 cm³/mol. The zero-order chi connectivity index (χ0) is 16.2. The number of allylic oxidation sites excluding steroid dienone is 2. The summed E-state index contributed by atoms with van der Waals surface area (Å²) < 4.78 is 10.8. The van der Waals surface area contributed by atoms with Crippen LogP contribution in [0.2, 0.25) is 0 Å². The van der Waals surface area contributed by atoms with Crippen molar-refractivity contribution in [2.75, 3.05) is 0 Å². The normalized spacial score (nSPS) is 24.8. The lowest BCUT2D eigenvalue weighted by Crippen LogP contribution is -1.96. The van der Waals surface area contributed by atoms with E-state index in [-0.39, 0.29) is 0 Å². The molecule has 0 unspecified atom stereocenters. The Labute approximate surface area is 141 Å². The lowest BCUT2D eigenvalue weighted by Gasteiger charge is -1.99. The summed E-state index contributed by atoms with van der Waals surface area (Å²) in [6.45, 7) is 0. The Morgan fingerprint density at radius 1 is 0.708 bits per heavy atom. The number of furan rings is 2. The molecular formula is C20H20N2O2. The molecule has 4 nitrogen and oxygen atoms in total. The van der Waals surface area contributed by atoms with Gasteiger partial charge in [-0.25, -0.2) is 0 Å². The maximum Gasteiger partial charge on any atom is 0.126 e. The van der Waals surface area contributed by atoms with Crippen LogP contribution in [0.4, 0.5) is 0 Å². The largest absolute Gasteiger partial charge is 0.465 e. The minimum atomic E-state index is 0.881. The lowest BCUT2D eigenvalue weighted by molar-refractivity contribution is 0.556. The molecule has 0 aliphatic heterocycles. The van der Waals surface area contributed by atoms with Crippen LogP contribution < -0.4 is 0 Å². The predicted octanol–water partition coefficient (Wildman–Crippen LogP) is 5.50. The molecular weight excluding hydrogens is 300 g/mol. The molecule has 122 valence electrons. The third kappa shape index (κ3) is 3.32. The summed E-state index contributed by atoms with van der Waals surface area (Å²) in [7, 11) is 0. The molecule has 2 aromatic heterocycles. The van der Waals surface area contributed by atoms with E-state index in [1.807, 2.05) is 24.3 Å². The van der Waals surface area contributed by atoms with E-state index in [0.717, 1.165) is 61.5 Å². The van der Waals surface area contributed by atoms with Crippen molar-refractivity contribution in [2.45, 2.75) is 38.5 Å². The van der Waals surface area contributed by atoms with Crippen LogP contribution in [0, 0.1) is 0 Å². The van der Waals surface area contributed by atoms with Crippen molar-refractivity contribution in [3.63, 3.8) is 0 Å². The molecule has 0 bridgehead atoms. The number of rotatable bonds is 3. The molecule has 0 saturated heterocycles. The average molecular weight is 320 g/mol. The molecule has 4 heteroatoms. The molecule has 0 aromatic carbocycles. The highest BCUT2D eigenvalue weighted by Crippen LogP contribution is 2.27. The van der Waals surface area contributed by atoms with Crippen molar-refractivity contribution in [3.05, 3.63) is 59.5 Å². The number of nitrogens with zero attached hydrogens (tertiary/aromatic N) is 2. The first-order chi connectivity index (χ1) is 11.9. The monoisotopic (exact) mass is 320 g/mol. The maximum atomic E-state index is 5.41. The van der Waals surface area contributed by atoms with Gasteiger partial charge in [0.25, 0.3) is 0 Å². The second-order valence-corrected chi connectivity index (χ2v) is 6.17. The van der Waals surface area contributed by atoms with Crippen LogP contribution in [-0.4, -0.2) is 11.4 Å². The van der Waals surface area contributed by atoms with E-state index in [0.29, 0.717) is 0 Å². The summed E-state index contributed by atoms with van der Waals surface area (Å²) in [5.41, 5.74) is 4.65. The van der Waals surface area contributed by atoms with E-state index >= 15 is 0 Å². The van der Waals surface area contributed by atoms with Gasteiger partial charge in [0.2, 0.25) is 0 Å². The zero-order valence-corrected chi connectivity index (χ0v) is 13.6. The van der Waals surface area contributed by atoms with Gasteiger partial charge in [0.15, 0.2) is 0 Å². The molecule has 2 fully saturated rings. The summed E-state index contributed by atoms with van der Waals surface area (Å²) >= 11 is 0. The highest BCUT2D eigenvalue weighted by Gasteiger charge is 2.18. The molecule has 2 aliphatic rings. The molecule has 24 heavy (non-hydrogen) atoms. The quantitative estimate of drug-likeness (QED) is 0.701. The second-order valence-electron chi connectivity index (χ2n) is 6.17. The first-order valence-corrected chi connectivity index (χ1v) is 8.51. The minimum Gasteiger partial charge on any atom is -0.465 e. The van der Waals surface area contributed by atoms with Crippen LogP contribution >= 0.6 is 0 Å². The summed E-state index contributed by atoms with van der Waals surface area (Å²) in [5.74, 6) is 1.76. The van der Waals surface area contributed by atoms with Gasteiger partial charge >= 0.3 is 0 Å². The van der Waals surface area contributed by atoms with Crippen molar-refractivity contribution < 1.29 is 8.83 Å². The molecule has 2 aromatic rings. The molecule has 0 atom stereocenters. The molecule has 0 amide bonds. The van der Waals surface area contributed by atoms with Gasteiger partial charge < -0.3 is 8.83 Å². The van der Waals surface area contributed by atoms with Gasteiger partial charge in [0.05, 0.1) is 23.9 Å². The van der Waals surface area contributed by atoms with E-state index in [2.05, 4.69) is 22.4 Å². The Hall–Kier alpha value is -2.62. The van der Waals surface area contributed by atoms with E-state index in [1.54, 1.807) is 12.5 Å². The Bertz CT molecular complexity index is 736. The Balaban J connectivity index is 1.57. The molecule has 2 saturated carbocycles. The number of hydrogen-bond donors (Lipinski definition) is 0. The third-order valence-electron chi connectivity index (χ3n) is 4.47. The molecule has 4 rings (SSSR count). The lowest BCUT2D eigenvalue weighted by atomic mass is 10.1. The van der Waals surface area contributed by atoms with Crippen LogP contribution in [0.3, 0.4) is 0 Å². The fourth-order valence-electron chi connectivity index (χ4n) is 3.25. The van der Waals surface area contributed by atoms with Crippen LogP contribution in [0.5, 0.6) is 0 Å². The van der Waals surface area contributed by atoms with Crippen LogP contribution in [0.15, 0.2) is 67.0 Å². The summed E-state index contributed by atoms with van der Waals surface area (Å²) in [6.07, 6.45) is 13.9. The molecule has 0 spiro atoms. The van der Waals surface area contributed by atoms with Gasteiger partial charge in [-0.1, -0.05) is 0 Å². The van der Waals surface area contributed by atoms with Crippen molar-refractivity contribution in [2.24, 2.45) is 10.2 Å². The topological polar surface area (TPSA) is 51.0 Å². The first kappa shape index (κ1) is 14.9. The van der Waals surface area contributed by atoms with Gasteiger partial charge in [0, 0.05) is 0 Å². The summed E-state index contributed by atoms with van der Waals surface area (Å²) in [6, 6.07) is 7.75. The SMILES string of the molecule is C(=C1/CCC/C1=N\N=C1/CCC/C1=C\c1ccco1)/c1ccco1. The van der Waals surface area contributed by atoms with Gasteiger partial charge in [-0.15, -0.1) is 0 Å². The van der Waals surface area contributed by atoms with E-state index in [4.69, 9.17) is 8.83 Å². The highest BCUT2D eigenvalue weighted by atomic mass is 16.3. The van der Waals surface area contributed by atoms with Gasteiger partial charge in [-0.3, -0.25) is 0 Å². The van der Waals surface area contributed by atoms with Crippen LogP contribution in [0.25, 0.3) is 12.2 Å². The number of hydrogen-bond acceptors (Lipinski definition) is 4. The molecule has 2 aliphatic carbocycles. The van der Waals surface area contributed by atoms with Gasteiger partial charge in [-0.2, -0.15) is 10.2 Å².